The zero-order chi connectivity index (χ0) is 22.3. The number of ether oxygens (including phenoxy) is 2. The monoisotopic (exact) mass is 449 g/mol. The summed E-state index contributed by atoms with van der Waals surface area (Å²) in [6.45, 7) is 5.56. The SMILES string of the molecule is CCCOCCNc1nc(-c2ccc(Cl)cc2)ccc1NC(COC)=NCCNOC. The second-order valence-corrected chi connectivity index (χ2v) is 7.06. The van der Waals surface area contributed by atoms with E-state index in [0.29, 0.717) is 49.5 Å². The maximum Gasteiger partial charge on any atom is 0.150 e. The first kappa shape index (κ1) is 25.0. The molecule has 8 nitrogen and oxygen atoms in total. The molecule has 1 aromatic carbocycles. The molecule has 31 heavy (non-hydrogen) atoms. The molecular formula is C22H32ClN5O3. The van der Waals surface area contributed by atoms with Crippen LogP contribution in [0.25, 0.3) is 11.3 Å². The van der Waals surface area contributed by atoms with Crippen LogP contribution in [0.5, 0.6) is 0 Å². The highest BCUT2D eigenvalue weighted by molar-refractivity contribution is 6.30. The minimum Gasteiger partial charge on any atom is -0.380 e. The third kappa shape index (κ3) is 9.20. The summed E-state index contributed by atoms with van der Waals surface area (Å²) in [4.78, 5) is 14.2. The molecule has 0 spiro atoms. The van der Waals surface area contributed by atoms with Crippen molar-refractivity contribution in [3.8, 4) is 11.3 Å². The average Bonchev–Trinajstić information content (AvgIpc) is 2.78. The van der Waals surface area contributed by atoms with Crippen LogP contribution in [-0.2, 0) is 14.3 Å². The van der Waals surface area contributed by atoms with Crippen molar-refractivity contribution in [1.29, 1.82) is 0 Å². The summed E-state index contributed by atoms with van der Waals surface area (Å²) < 4.78 is 10.9. The summed E-state index contributed by atoms with van der Waals surface area (Å²) in [6.07, 6.45) is 0.992. The molecular weight excluding hydrogens is 418 g/mol. The molecule has 1 aromatic heterocycles. The van der Waals surface area contributed by atoms with Crippen molar-refractivity contribution < 1.29 is 14.3 Å². The number of nitrogens with one attached hydrogen (secondary N) is 3. The van der Waals surface area contributed by atoms with Gasteiger partial charge in [0, 0.05) is 37.4 Å². The molecule has 0 aliphatic carbocycles. The number of nitrogens with zero attached hydrogens (tertiary/aromatic N) is 2. The normalized spacial score (nSPS) is 11.5. The molecule has 9 heteroatoms. The molecule has 0 aliphatic rings. The van der Waals surface area contributed by atoms with Gasteiger partial charge in [-0.1, -0.05) is 30.7 Å². The Morgan fingerprint density at radius 1 is 1.06 bits per heavy atom. The van der Waals surface area contributed by atoms with E-state index in [0.717, 1.165) is 30.0 Å². The minimum absolute atomic E-state index is 0.352. The topological polar surface area (TPSA) is 89.0 Å². The van der Waals surface area contributed by atoms with Gasteiger partial charge in [0.05, 0.1) is 31.6 Å². The number of aliphatic imine (C=N–C) groups is 1. The third-order valence-electron chi connectivity index (χ3n) is 4.14. The van der Waals surface area contributed by atoms with Crippen molar-refractivity contribution in [2.75, 3.05) is 64.3 Å². The van der Waals surface area contributed by atoms with Crippen LogP contribution in [0.15, 0.2) is 41.4 Å². The van der Waals surface area contributed by atoms with Gasteiger partial charge in [-0.25, -0.2) is 10.5 Å². The molecule has 0 radical (unpaired) electrons. The molecule has 0 bridgehead atoms. The van der Waals surface area contributed by atoms with Crippen molar-refractivity contribution in [1.82, 2.24) is 10.5 Å². The van der Waals surface area contributed by atoms with Crippen LogP contribution in [0.4, 0.5) is 11.5 Å². The molecule has 0 unspecified atom stereocenters. The number of methoxy groups -OCH3 is 1. The first-order valence-electron chi connectivity index (χ1n) is 10.3. The summed E-state index contributed by atoms with van der Waals surface area (Å²) in [5, 5.41) is 7.39. The van der Waals surface area contributed by atoms with Crippen molar-refractivity contribution in [3.63, 3.8) is 0 Å². The lowest BCUT2D eigenvalue weighted by Crippen LogP contribution is -2.23. The number of benzene rings is 1. The summed E-state index contributed by atoms with van der Waals surface area (Å²) in [5.74, 6) is 1.41. The predicted octanol–water partition coefficient (Wildman–Crippen LogP) is 3.85. The summed E-state index contributed by atoms with van der Waals surface area (Å²) >= 11 is 6.02. The first-order chi connectivity index (χ1) is 15.2. The van der Waals surface area contributed by atoms with Gasteiger partial charge in [0.2, 0.25) is 0 Å². The van der Waals surface area contributed by atoms with E-state index < -0.39 is 0 Å². The second kappa shape index (κ2) is 14.7. The molecule has 2 rings (SSSR count). The Labute approximate surface area is 189 Å². The highest BCUT2D eigenvalue weighted by Gasteiger charge is 2.10. The molecule has 0 amide bonds. The van der Waals surface area contributed by atoms with Crippen LogP contribution in [0, 0.1) is 0 Å². The lowest BCUT2D eigenvalue weighted by Gasteiger charge is -2.16. The second-order valence-electron chi connectivity index (χ2n) is 6.62. The summed E-state index contributed by atoms with van der Waals surface area (Å²) in [6, 6.07) is 11.5. The quantitative estimate of drug-likeness (QED) is 0.175. The van der Waals surface area contributed by atoms with Crippen LogP contribution in [0.3, 0.4) is 0 Å². The predicted molar refractivity (Wildman–Crippen MR) is 127 cm³/mol. The average molecular weight is 450 g/mol. The number of hydroxylamine groups is 1. The Morgan fingerprint density at radius 2 is 1.87 bits per heavy atom. The van der Waals surface area contributed by atoms with Gasteiger partial charge in [-0.05, 0) is 30.7 Å². The molecule has 0 saturated carbocycles. The number of aromatic nitrogens is 1. The van der Waals surface area contributed by atoms with Crippen LogP contribution in [0.2, 0.25) is 5.02 Å². The molecule has 0 fully saturated rings. The van der Waals surface area contributed by atoms with Gasteiger partial charge in [0.15, 0.2) is 5.82 Å². The molecule has 0 aliphatic heterocycles. The minimum atomic E-state index is 0.352. The van der Waals surface area contributed by atoms with E-state index in [1.807, 2.05) is 36.4 Å². The standard InChI is InChI=1S/C22H32ClN5O3/c1-4-14-31-15-13-25-22-20(27-21(16-29-2)24-11-12-26-30-3)10-9-19(28-22)17-5-7-18(23)8-6-17/h5-10,26H,4,11-16H2,1-3H3,(H,24,27)(H,25,28). The molecule has 0 saturated heterocycles. The largest absolute Gasteiger partial charge is 0.380 e. The highest BCUT2D eigenvalue weighted by atomic mass is 35.5. The lowest BCUT2D eigenvalue weighted by atomic mass is 10.1. The van der Waals surface area contributed by atoms with Gasteiger partial charge < -0.3 is 24.9 Å². The zero-order valence-electron chi connectivity index (χ0n) is 18.4. The Hall–Kier alpha value is -2.23. The zero-order valence-corrected chi connectivity index (χ0v) is 19.2. The Morgan fingerprint density at radius 3 is 2.58 bits per heavy atom. The molecule has 0 atom stereocenters. The maximum atomic E-state index is 6.02. The third-order valence-corrected chi connectivity index (χ3v) is 4.40. The van der Waals surface area contributed by atoms with Crippen molar-refractivity contribution in [2.45, 2.75) is 13.3 Å². The molecule has 3 N–H and O–H groups in total. The van der Waals surface area contributed by atoms with Crippen LogP contribution in [0.1, 0.15) is 13.3 Å². The van der Waals surface area contributed by atoms with E-state index in [9.17, 15) is 0 Å². The number of halogens is 1. The smallest absolute Gasteiger partial charge is 0.150 e. The fourth-order valence-electron chi connectivity index (χ4n) is 2.72. The van der Waals surface area contributed by atoms with E-state index in [-0.39, 0.29) is 0 Å². The van der Waals surface area contributed by atoms with Gasteiger partial charge in [0.1, 0.15) is 12.4 Å². The van der Waals surface area contributed by atoms with E-state index in [1.54, 1.807) is 14.2 Å². The number of amidine groups is 1. The van der Waals surface area contributed by atoms with Crippen molar-refractivity contribution in [3.05, 3.63) is 41.4 Å². The van der Waals surface area contributed by atoms with Gasteiger partial charge in [-0.2, -0.15) is 0 Å². The van der Waals surface area contributed by atoms with E-state index in [4.69, 9.17) is 30.9 Å². The summed E-state index contributed by atoms with van der Waals surface area (Å²) in [7, 11) is 3.21. The van der Waals surface area contributed by atoms with E-state index in [2.05, 4.69) is 28.0 Å². The van der Waals surface area contributed by atoms with Gasteiger partial charge in [-0.15, -0.1) is 0 Å². The van der Waals surface area contributed by atoms with Crippen LogP contribution in [-0.4, -0.2) is 64.5 Å². The van der Waals surface area contributed by atoms with Gasteiger partial charge in [0.25, 0.3) is 0 Å². The van der Waals surface area contributed by atoms with Crippen molar-refractivity contribution in [2.24, 2.45) is 4.99 Å². The Kier molecular flexibility index (Phi) is 11.9. The first-order valence-corrected chi connectivity index (χ1v) is 10.7. The molecule has 1 heterocycles. The fraction of sp³-hybridized carbons (Fsp3) is 0.455. The number of hydrogen-bond acceptors (Lipinski definition) is 7. The van der Waals surface area contributed by atoms with Crippen molar-refractivity contribution >= 4 is 28.9 Å². The number of pyridine rings is 1. The molecule has 170 valence electrons. The highest BCUT2D eigenvalue weighted by Crippen LogP contribution is 2.26. The van der Waals surface area contributed by atoms with Gasteiger partial charge >= 0.3 is 0 Å². The summed E-state index contributed by atoms with van der Waals surface area (Å²) in [5.41, 5.74) is 5.41. The fourth-order valence-corrected chi connectivity index (χ4v) is 2.84. The van der Waals surface area contributed by atoms with E-state index in [1.165, 1.54) is 0 Å². The van der Waals surface area contributed by atoms with Crippen LogP contribution >= 0.6 is 11.6 Å². The van der Waals surface area contributed by atoms with E-state index >= 15 is 0 Å². The number of anilines is 2. The number of hydrogen-bond donors (Lipinski definition) is 3. The Balaban J connectivity index is 2.20. The van der Waals surface area contributed by atoms with Crippen LogP contribution < -0.4 is 16.1 Å². The maximum absolute atomic E-state index is 6.02. The Bertz CT molecular complexity index is 802. The van der Waals surface area contributed by atoms with Gasteiger partial charge in [-0.3, -0.25) is 4.99 Å². The number of rotatable bonds is 14. The molecule has 2 aromatic rings. The lowest BCUT2D eigenvalue weighted by molar-refractivity contribution is 0.0943.